The summed E-state index contributed by atoms with van der Waals surface area (Å²) in [6, 6.07) is 5.21. The van der Waals surface area contributed by atoms with E-state index in [1.54, 1.807) is 0 Å². The van der Waals surface area contributed by atoms with Gasteiger partial charge in [0.25, 0.3) is 0 Å². The fourth-order valence-electron chi connectivity index (χ4n) is 4.92. The zero-order valence-corrected chi connectivity index (χ0v) is 22.3. The van der Waals surface area contributed by atoms with Gasteiger partial charge in [0.1, 0.15) is 59.1 Å². The lowest BCUT2D eigenvalue weighted by atomic mass is 9.97. The van der Waals surface area contributed by atoms with Crippen molar-refractivity contribution in [3.05, 3.63) is 40.6 Å². The van der Waals surface area contributed by atoms with Crippen LogP contribution in [0.3, 0.4) is 0 Å². The lowest BCUT2D eigenvalue weighted by Gasteiger charge is -2.45. The smallest absolute Gasteiger partial charge is 0.239 e. The number of benzene rings is 2. The summed E-state index contributed by atoms with van der Waals surface area (Å²) in [5.41, 5.74) is -1.39. The van der Waals surface area contributed by atoms with Crippen LogP contribution in [0.4, 0.5) is 0 Å². The zero-order valence-electron chi connectivity index (χ0n) is 22.3. The molecule has 10 N–H and O–H groups in total. The molecule has 0 amide bonds. The highest BCUT2D eigenvalue weighted by Gasteiger charge is 2.51. The Morgan fingerprint density at radius 3 is 2.19 bits per heavy atom. The van der Waals surface area contributed by atoms with E-state index in [9.17, 15) is 55.9 Å². The summed E-state index contributed by atoms with van der Waals surface area (Å²) in [7, 11) is 0. The van der Waals surface area contributed by atoms with Crippen LogP contribution >= 0.6 is 0 Å². The standard InChI is InChI=1S/C27H30O16/c1-8-17(33)20(36)22(38)26(39-8)43-25-21(37)18(34)15(7-28)41-27(25)42-24-19(35)16-13(32)5-10(29)6-14(16)40-23(24)9-2-3-11(30)12(31)4-9/h2-6,8,15,17-18,20-22,25-34,36-38H,7H2,1H3/t8-,15-,17+,18+,20-,21+,22-,25-,26+,27+/m1/s1. The van der Waals surface area contributed by atoms with Crippen molar-refractivity contribution in [3.8, 4) is 40.1 Å². The molecule has 2 aliphatic rings. The molecule has 2 aliphatic heterocycles. The summed E-state index contributed by atoms with van der Waals surface area (Å²) in [5, 5.41) is 102. The largest absolute Gasteiger partial charge is 0.508 e. The highest BCUT2D eigenvalue weighted by atomic mass is 16.8. The van der Waals surface area contributed by atoms with Gasteiger partial charge < -0.3 is 74.4 Å². The Hall–Kier alpha value is -3.71. The fraction of sp³-hybridized carbons (Fsp3) is 0.444. The minimum Gasteiger partial charge on any atom is -0.508 e. The molecule has 2 saturated heterocycles. The monoisotopic (exact) mass is 610 g/mol. The van der Waals surface area contributed by atoms with Crippen LogP contribution in [0.5, 0.6) is 28.7 Å². The second-order valence-electron chi connectivity index (χ2n) is 10.2. The topological polar surface area (TPSA) is 269 Å². The SMILES string of the molecule is C[C@H]1O[C@@H](O[C@H]2[C@H](Oc3c(-c4ccc(O)c(O)c4)oc4cc(O)cc(O)c4c3=O)O[C@H](CO)[C@H](O)[C@@H]2O)[C@H](O)[C@H](O)[C@H]1O. The van der Waals surface area contributed by atoms with Gasteiger partial charge in [0, 0.05) is 17.7 Å². The number of ether oxygens (including phenoxy) is 4. The lowest BCUT2D eigenvalue weighted by molar-refractivity contribution is -0.354. The maximum absolute atomic E-state index is 13.7. The Morgan fingerprint density at radius 1 is 0.791 bits per heavy atom. The number of aliphatic hydroxyl groups excluding tert-OH is 6. The van der Waals surface area contributed by atoms with Crippen molar-refractivity contribution in [2.24, 2.45) is 0 Å². The Kier molecular flexibility index (Phi) is 8.41. The maximum atomic E-state index is 13.7. The van der Waals surface area contributed by atoms with Gasteiger partial charge in [-0.3, -0.25) is 4.79 Å². The third-order valence-electron chi connectivity index (χ3n) is 7.31. The van der Waals surface area contributed by atoms with E-state index in [2.05, 4.69) is 0 Å². The predicted molar refractivity (Wildman–Crippen MR) is 140 cm³/mol. The van der Waals surface area contributed by atoms with Gasteiger partial charge in [-0.1, -0.05) is 0 Å². The molecule has 2 aromatic carbocycles. The van der Waals surface area contributed by atoms with Crippen LogP contribution in [0.2, 0.25) is 0 Å². The summed E-state index contributed by atoms with van der Waals surface area (Å²) in [6.45, 7) is 0.541. The van der Waals surface area contributed by atoms with Crippen molar-refractivity contribution in [1.29, 1.82) is 0 Å². The quantitative estimate of drug-likeness (QED) is 0.140. The van der Waals surface area contributed by atoms with E-state index < -0.39 is 113 Å². The van der Waals surface area contributed by atoms with Crippen LogP contribution in [0.1, 0.15) is 6.92 Å². The molecule has 0 saturated carbocycles. The average molecular weight is 611 g/mol. The van der Waals surface area contributed by atoms with Gasteiger partial charge in [-0.15, -0.1) is 0 Å². The maximum Gasteiger partial charge on any atom is 0.239 e. The van der Waals surface area contributed by atoms with Crippen LogP contribution in [-0.4, -0.2) is 119 Å². The van der Waals surface area contributed by atoms with E-state index >= 15 is 0 Å². The third kappa shape index (κ3) is 5.55. The fourth-order valence-corrected chi connectivity index (χ4v) is 4.92. The molecule has 234 valence electrons. The van der Waals surface area contributed by atoms with Crippen molar-refractivity contribution in [3.63, 3.8) is 0 Å². The summed E-state index contributed by atoms with van der Waals surface area (Å²) >= 11 is 0. The zero-order chi connectivity index (χ0) is 31.3. The van der Waals surface area contributed by atoms with Gasteiger partial charge in [0.05, 0.1) is 12.7 Å². The van der Waals surface area contributed by atoms with Crippen molar-refractivity contribution in [2.45, 2.75) is 68.3 Å². The highest BCUT2D eigenvalue weighted by Crippen LogP contribution is 2.40. The van der Waals surface area contributed by atoms with E-state index in [0.717, 1.165) is 24.3 Å². The molecular weight excluding hydrogens is 580 g/mol. The Bertz CT molecular complexity index is 1540. The summed E-state index contributed by atoms with van der Waals surface area (Å²) in [6.07, 6.45) is -16.7. The molecule has 1 aromatic heterocycles. The van der Waals surface area contributed by atoms with Gasteiger partial charge in [-0.05, 0) is 25.1 Å². The molecule has 0 spiro atoms. The number of aliphatic hydroxyl groups is 6. The van der Waals surface area contributed by atoms with Gasteiger partial charge in [-0.2, -0.15) is 0 Å². The number of phenols is 4. The summed E-state index contributed by atoms with van der Waals surface area (Å²) < 4.78 is 28.3. The van der Waals surface area contributed by atoms with Crippen molar-refractivity contribution < 1.29 is 74.4 Å². The summed E-state index contributed by atoms with van der Waals surface area (Å²) in [4.78, 5) is 13.7. The molecule has 16 heteroatoms. The normalized spacial score (nSPS) is 33.0. The number of phenolic OH excluding ortho intramolecular Hbond substituents is 4. The first-order valence-corrected chi connectivity index (χ1v) is 13.0. The molecule has 0 aliphatic carbocycles. The van der Waals surface area contributed by atoms with Crippen LogP contribution in [0.25, 0.3) is 22.3 Å². The second-order valence-corrected chi connectivity index (χ2v) is 10.2. The molecule has 16 nitrogen and oxygen atoms in total. The Morgan fingerprint density at radius 2 is 1.51 bits per heavy atom. The van der Waals surface area contributed by atoms with Crippen LogP contribution in [0.15, 0.2) is 39.5 Å². The number of hydrogen-bond acceptors (Lipinski definition) is 16. The third-order valence-corrected chi connectivity index (χ3v) is 7.31. The molecular formula is C27H30O16. The molecule has 0 radical (unpaired) electrons. The lowest BCUT2D eigenvalue weighted by Crippen LogP contribution is -2.64. The number of aromatic hydroxyl groups is 4. The van der Waals surface area contributed by atoms with Crippen molar-refractivity contribution in [2.75, 3.05) is 6.61 Å². The van der Waals surface area contributed by atoms with E-state index in [0.29, 0.717) is 0 Å². The van der Waals surface area contributed by atoms with Crippen LogP contribution in [-0.2, 0) is 14.2 Å². The Labute approximate surface area is 241 Å². The molecule has 0 bridgehead atoms. The molecule has 5 rings (SSSR count). The van der Waals surface area contributed by atoms with E-state index in [-0.39, 0.29) is 11.1 Å². The predicted octanol–water partition coefficient (Wildman–Crippen LogP) is -1.69. The summed E-state index contributed by atoms with van der Waals surface area (Å²) in [5.74, 6) is -3.40. The van der Waals surface area contributed by atoms with Gasteiger partial charge in [-0.25, -0.2) is 0 Å². The van der Waals surface area contributed by atoms with E-state index in [1.807, 2.05) is 0 Å². The first-order valence-electron chi connectivity index (χ1n) is 13.0. The number of hydrogen-bond donors (Lipinski definition) is 10. The van der Waals surface area contributed by atoms with E-state index in [4.69, 9.17) is 23.4 Å². The minimum atomic E-state index is -1.91. The van der Waals surface area contributed by atoms with Gasteiger partial charge in [0.2, 0.25) is 17.5 Å². The van der Waals surface area contributed by atoms with Crippen LogP contribution < -0.4 is 10.2 Å². The second kappa shape index (κ2) is 11.8. The number of fused-ring (bicyclic) bond motifs is 1. The molecule has 3 aromatic rings. The van der Waals surface area contributed by atoms with Crippen molar-refractivity contribution >= 4 is 11.0 Å². The van der Waals surface area contributed by atoms with Crippen LogP contribution in [0, 0.1) is 0 Å². The molecule has 0 unspecified atom stereocenters. The molecule has 10 atom stereocenters. The highest BCUT2D eigenvalue weighted by molar-refractivity contribution is 5.88. The molecule has 3 heterocycles. The molecule has 43 heavy (non-hydrogen) atoms. The number of rotatable bonds is 6. The molecule has 2 fully saturated rings. The van der Waals surface area contributed by atoms with E-state index in [1.165, 1.54) is 13.0 Å². The first kappa shape index (κ1) is 30.7. The van der Waals surface area contributed by atoms with Gasteiger partial charge >= 0.3 is 0 Å². The Balaban J connectivity index is 1.62. The van der Waals surface area contributed by atoms with Crippen molar-refractivity contribution in [1.82, 2.24) is 0 Å². The van der Waals surface area contributed by atoms with Gasteiger partial charge in [0.15, 0.2) is 29.7 Å². The first-order chi connectivity index (χ1) is 20.3. The minimum absolute atomic E-state index is 0.0447. The average Bonchev–Trinajstić information content (AvgIpc) is 2.96.